The highest BCUT2D eigenvalue weighted by Crippen LogP contribution is 2.20. The molecule has 0 saturated heterocycles. The first kappa shape index (κ1) is 14.1. The number of carbonyl (C=O) groups excluding carboxylic acids is 1. The maximum absolute atomic E-state index is 13.5. The third-order valence-electron chi connectivity index (χ3n) is 2.85. The van der Waals surface area contributed by atoms with E-state index in [2.05, 4.69) is 17.9 Å². The van der Waals surface area contributed by atoms with Crippen LogP contribution in [-0.2, 0) is 0 Å². The van der Waals surface area contributed by atoms with Crippen LogP contribution < -0.4 is 5.32 Å². The fourth-order valence-electron chi connectivity index (χ4n) is 1.67. The summed E-state index contributed by atoms with van der Waals surface area (Å²) in [6.45, 7) is 3.54. The van der Waals surface area contributed by atoms with E-state index in [1.165, 1.54) is 17.4 Å². The Morgan fingerprint density at radius 2 is 2.16 bits per heavy atom. The average Bonchev–Trinajstić information content (AvgIpc) is 2.79. The molecule has 1 aromatic carbocycles. The van der Waals surface area contributed by atoms with Crippen molar-refractivity contribution in [3.63, 3.8) is 0 Å². The molecule has 19 heavy (non-hydrogen) atoms. The van der Waals surface area contributed by atoms with Crippen LogP contribution in [0.4, 0.5) is 4.39 Å². The molecule has 2 rings (SSSR count). The molecule has 0 aliphatic carbocycles. The molecule has 1 atom stereocenters. The molecular formula is C14H14FNOS2. The second kappa shape index (κ2) is 5.75. The van der Waals surface area contributed by atoms with E-state index in [1.807, 2.05) is 13.0 Å². The second-order valence-corrected chi connectivity index (χ2v) is 5.80. The highest BCUT2D eigenvalue weighted by Gasteiger charge is 2.13. The highest BCUT2D eigenvalue weighted by molar-refractivity contribution is 7.80. The summed E-state index contributed by atoms with van der Waals surface area (Å²) in [5, 5.41) is 4.64. The Bertz CT molecular complexity index is 609. The molecular weight excluding hydrogens is 281 g/mol. The smallest absolute Gasteiger partial charge is 0.261 e. The average molecular weight is 295 g/mol. The standard InChI is InChI=1S/C14H14FNOS2/c1-8-3-4-10(5-12(8)15)9(2)16-14(17)13-6-11(18)7-19-13/h3-7,9,18H,1-2H3,(H,16,17). The van der Waals surface area contributed by atoms with Crippen LogP contribution in [0.2, 0.25) is 0 Å². The quantitative estimate of drug-likeness (QED) is 0.824. The zero-order valence-corrected chi connectivity index (χ0v) is 12.3. The van der Waals surface area contributed by atoms with Crippen molar-refractivity contribution in [3.8, 4) is 0 Å². The molecule has 0 aliphatic heterocycles. The zero-order valence-electron chi connectivity index (χ0n) is 10.6. The molecule has 1 aromatic heterocycles. The van der Waals surface area contributed by atoms with E-state index < -0.39 is 0 Å². The fourth-order valence-corrected chi connectivity index (χ4v) is 2.73. The maximum Gasteiger partial charge on any atom is 0.261 e. The van der Waals surface area contributed by atoms with Crippen LogP contribution >= 0.6 is 24.0 Å². The van der Waals surface area contributed by atoms with E-state index in [0.717, 1.165) is 10.5 Å². The Kier molecular flexibility index (Phi) is 4.27. The third kappa shape index (κ3) is 3.36. The molecule has 1 amide bonds. The van der Waals surface area contributed by atoms with E-state index in [1.54, 1.807) is 24.4 Å². The fraction of sp³-hybridized carbons (Fsp3) is 0.214. The number of thiol groups is 1. The van der Waals surface area contributed by atoms with Crippen molar-refractivity contribution in [1.82, 2.24) is 5.32 Å². The van der Waals surface area contributed by atoms with Gasteiger partial charge in [-0.05, 0) is 37.1 Å². The predicted octanol–water partition coefficient (Wildman–Crippen LogP) is 3.98. The van der Waals surface area contributed by atoms with E-state index in [-0.39, 0.29) is 17.8 Å². The summed E-state index contributed by atoms with van der Waals surface area (Å²) in [7, 11) is 0. The summed E-state index contributed by atoms with van der Waals surface area (Å²) in [5.41, 5.74) is 1.35. The minimum atomic E-state index is -0.257. The van der Waals surface area contributed by atoms with Crippen molar-refractivity contribution in [3.05, 3.63) is 51.5 Å². The molecule has 0 bridgehead atoms. The topological polar surface area (TPSA) is 29.1 Å². The summed E-state index contributed by atoms with van der Waals surface area (Å²) in [6.07, 6.45) is 0. The van der Waals surface area contributed by atoms with Crippen LogP contribution in [0, 0.1) is 12.7 Å². The summed E-state index contributed by atoms with van der Waals surface area (Å²) in [6, 6.07) is 6.46. The SMILES string of the molecule is Cc1ccc(C(C)NC(=O)c2cc(S)cs2)cc1F. The molecule has 0 radical (unpaired) electrons. The van der Waals surface area contributed by atoms with Gasteiger partial charge in [0.05, 0.1) is 10.9 Å². The van der Waals surface area contributed by atoms with Crippen LogP contribution in [0.15, 0.2) is 34.5 Å². The van der Waals surface area contributed by atoms with Gasteiger partial charge in [-0.2, -0.15) is 0 Å². The molecule has 1 N–H and O–H groups in total. The number of halogens is 1. The van der Waals surface area contributed by atoms with Crippen molar-refractivity contribution in [2.24, 2.45) is 0 Å². The van der Waals surface area contributed by atoms with Crippen molar-refractivity contribution in [2.45, 2.75) is 24.8 Å². The molecule has 100 valence electrons. The molecule has 0 spiro atoms. The van der Waals surface area contributed by atoms with E-state index in [0.29, 0.717) is 10.4 Å². The molecule has 2 nitrogen and oxygen atoms in total. The summed E-state index contributed by atoms with van der Waals surface area (Å²) in [5.74, 6) is -0.425. The zero-order chi connectivity index (χ0) is 14.0. The van der Waals surface area contributed by atoms with Crippen LogP contribution in [-0.4, -0.2) is 5.91 Å². The van der Waals surface area contributed by atoms with Crippen molar-refractivity contribution < 1.29 is 9.18 Å². The van der Waals surface area contributed by atoms with E-state index in [4.69, 9.17) is 0 Å². The Balaban J connectivity index is 2.10. The van der Waals surface area contributed by atoms with Crippen molar-refractivity contribution >= 4 is 29.9 Å². The van der Waals surface area contributed by atoms with Crippen LogP contribution in [0.5, 0.6) is 0 Å². The number of rotatable bonds is 3. The number of nitrogens with one attached hydrogen (secondary N) is 1. The van der Waals surface area contributed by atoms with Gasteiger partial charge in [-0.25, -0.2) is 4.39 Å². The monoisotopic (exact) mass is 295 g/mol. The van der Waals surface area contributed by atoms with Gasteiger partial charge in [-0.3, -0.25) is 4.79 Å². The lowest BCUT2D eigenvalue weighted by molar-refractivity contribution is 0.0944. The van der Waals surface area contributed by atoms with E-state index >= 15 is 0 Å². The minimum absolute atomic E-state index is 0.168. The molecule has 1 unspecified atom stereocenters. The van der Waals surface area contributed by atoms with Gasteiger partial charge in [-0.15, -0.1) is 24.0 Å². The first-order valence-electron chi connectivity index (χ1n) is 5.82. The maximum atomic E-state index is 13.5. The third-order valence-corrected chi connectivity index (χ3v) is 4.21. The number of benzene rings is 1. The largest absolute Gasteiger partial charge is 0.345 e. The van der Waals surface area contributed by atoms with Crippen LogP contribution in [0.1, 0.15) is 33.8 Å². The van der Waals surface area contributed by atoms with Crippen LogP contribution in [0.3, 0.4) is 0 Å². The van der Waals surface area contributed by atoms with Gasteiger partial charge in [0.25, 0.3) is 5.91 Å². The first-order chi connectivity index (χ1) is 8.97. The molecule has 0 saturated carbocycles. The number of carbonyl (C=O) groups is 1. The van der Waals surface area contributed by atoms with Crippen molar-refractivity contribution in [2.75, 3.05) is 0 Å². The Hall–Kier alpha value is -1.33. The lowest BCUT2D eigenvalue weighted by Gasteiger charge is -2.14. The van der Waals surface area contributed by atoms with Gasteiger partial charge < -0.3 is 5.32 Å². The summed E-state index contributed by atoms with van der Waals surface area (Å²) < 4.78 is 13.5. The lowest BCUT2D eigenvalue weighted by Crippen LogP contribution is -2.25. The van der Waals surface area contributed by atoms with Gasteiger partial charge in [0.1, 0.15) is 5.82 Å². The van der Waals surface area contributed by atoms with Gasteiger partial charge in [0.2, 0.25) is 0 Å². The summed E-state index contributed by atoms with van der Waals surface area (Å²) >= 11 is 5.50. The van der Waals surface area contributed by atoms with Gasteiger partial charge in [0.15, 0.2) is 0 Å². The number of hydrogen-bond acceptors (Lipinski definition) is 3. The molecule has 5 heteroatoms. The number of amides is 1. The van der Waals surface area contributed by atoms with Gasteiger partial charge in [-0.1, -0.05) is 12.1 Å². The molecule has 0 fully saturated rings. The Labute approximate surface area is 121 Å². The Morgan fingerprint density at radius 1 is 1.42 bits per heavy atom. The summed E-state index contributed by atoms with van der Waals surface area (Å²) in [4.78, 5) is 13.3. The number of aryl methyl sites for hydroxylation is 1. The van der Waals surface area contributed by atoms with Gasteiger partial charge >= 0.3 is 0 Å². The minimum Gasteiger partial charge on any atom is -0.345 e. The second-order valence-electron chi connectivity index (χ2n) is 4.37. The van der Waals surface area contributed by atoms with Crippen molar-refractivity contribution in [1.29, 1.82) is 0 Å². The van der Waals surface area contributed by atoms with E-state index in [9.17, 15) is 9.18 Å². The number of thiophene rings is 1. The van der Waals surface area contributed by atoms with Gasteiger partial charge in [0, 0.05) is 10.3 Å². The highest BCUT2D eigenvalue weighted by atomic mass is 32.1. The van der Waals surface area contributed by atoms with Crippen LogP contribution in [0.25, 0.3) is 0 Å². The molecule has 0 aliphatic rings. The lowest BCUT2D eigenvalue weighted by atomic mass is 10.1. The number of hydrogen-bond donors (Lipinski definition) is 2. The molecule has 2 aromatic rings. The molecule has 1 heterocycles. The normalized spacial score (nSPS) is 12.2. The predicted molar refractivity (Wildman–Crippen MR) is 78.6 cm³/mol. The Morgan fingerprint density at radius 3 is 2.74 bits per heavy atom. The first-order valence-corrected chi connectivity index (χ1v) is 7.14.